The molecule has 4 nitrogen and oxygen atoms in total. The molecule has 20 heavy (non-hydrogen) atoms. The summed E-state index contributed by atoms with van der Waals surface area (Å²) in [7, 11) is 0. The highest BCUT2D eigenvalue weighted by Gasteiger charge is 2.42. The summed E-state index contributed by atoms with van der Waals surface area (Å²) in [5, 5.41) is 0. The van der Waals surface area contributed by atoms with Crippen molar-refractivity contribution in [3.63, 3.8) is 0 Å². The third-order valence-corrected chi connectivity index (χ3v) is 5.77. The van der Waals surface area contributed by atoms with E-state index in [-0.39, 0.29) is 5.60 Å². The Morgan fingerprint density at radius 3 is 2.35 bits per heavy atom. The number of hydrazine groups is 1. The van der Waals surface area contributed by atoms with Gasteiger partial charge in [0, 0.05) is 25.9 Å². The van der Waals surface area contributed by atoms with Crippen LogP contribution in [-0.2, 0) is 9.47 Å². The van der Waals surface area contributed by atoms with Crippen LogP contribution in [0.2, 0.25) is 0 Å². The standard InChI is InChI=1S/C16H30N2O2/c17-18-15(13-4-9-19-10-5-13)14-6-11-20-16(12-14)7-2-1-3-8-16/h13-15,18H,1-12,17H2. The van der Waals surface area contributed by atoms with Crippen molar-refractivity contribution in [2.75, 3.05) is 19.8 Å². The minimum atomic E-state index is 0.182. The van der Waals surface area contributed by atoms with Gasteiger partial charge >= 0.3 is 0 Å². The summed E-state index contributed by atoms with van der Waals surface area (Å²) in [6.45, 7) is 2.72. The number of rotatable bonds is 3. The minimum Gasteiger partial charge on any atom is -0.381 e. The average Bonchev–Trinajstić information content (AvgIpc) is 2.50. The molecule has 0 aromatic heterocycles. The average molecular weight is 282 g/mol. The zero-order chi connectivity index (χ0) is 13.8. The van der Waals surface area contributed by atoms with Gasteiger partial charge in [0.15, 0.2) is 0 Å². The molecule has 1 saturated carbocycles. The van der Waals surface area contributed by atoms with E-state index in [2.05, 4.69) is 5.43 Å². The lowest BCUT2D eigenvalue weighted by Gasteiger charge is -2.47. The molecule has 3 aliphatic rings. The lowest BCUT2D eigenvalue weighted by Crippen LogP contribution is -2.53. The van der Waals surface area contributed by atoms with Crippen molar-refractivity contribution < 1.29 is 9.47 Å². The molecule has 2 atom stereocenters. The number of nitrogens with two attached hydrogens (primary N) is 1. The molecule has 1 aliphatic carbocycles. The second-order valence-electron chi connectivity index (χ2n) is 6.99. The zero-order valence-corrected chi connectivity index (χ0v) is 12.6. The molecule has 4 heteroatoms. The first-order valence-electron chi connectivity index (χ1n) is 8.51. The Kier molecular flexibility index (Phi) is 4.97. The van der Waals surface area contributed by atoms with E-state index < -0.39 is 0 Å². The van der Waals surface area contributed by atoms with E-state index >= 15 is 0 Å². The zero-order valence-electron chi connectivity index (χ0n) is 12.6. The molecule has 0 bridgehead atoms. The Morgan fingerprint density at radius 1 is 0.950 bits per heavy atom. The summed E-state index contributed by atoms with van der Waals surface area (Å²) in [4.78, 5) is 0. The quantitative estimate of drug-likeness (QED) is 0.616. The second-order valence-corrected chi connectivity index (χ2v) is 6.99. The molecular formula is C16H30N2O2. The largest absolute Gasteiger partial charge is 0.381 e. The van der Waals surface area contributed by atoms with E-state index in [4.69, 9.17) is 15.3 Å². The SMILES string of the molecule is NNC(C1CCOCC1)C1CCOC2(CCCCC2)C1. The summed E-state index contributed by atoms with van der Waals surface area (Å²) in [6, 6.07) is 0.446. The topological polar surface area (TPSA) is 56.5 Å². The molecule has 116 valence electrons. The van der Waals surface area contributed by atoms with Gasteiger partial charge in [-0.25, -0.2) is 0 Å². The third-order valence-electron chi connectivity index (χ3n) is 5.77. The van der Waals surface area contributed by atoms with Gasteiger partial charge in [0.05, 0.1) is 5.60 Å². The van der Waals surface area contributed by atoms with Crippen molar-refractivity contribution in [2.24, 2.45) is 17.7 Å². The van der Waals surface area contributed by atoms with Crippen LogP contribution in [-0.4, -0.2) is 31.5 Å². The van der Waals surface area contributed by atoms with Gasteiger partial charge in [-0.05, 0) is 50.4 Å². The number of hydrogen-bond donors (Lipinski definition) is 2. The molecule has 2 unspecified atom stereocenters. The molecule has 0 aromatic rings. The van der Waals surface area contributed by atoms with Crippen LogP contribution in [0.1, 0.15) is 57.8 Å². The van der Waals surface area contributed by atoms with Gasteiger partial charge < -0.3 is 9.47 Å². The van der Waals surface area contributed by atoms with Crippen molar-refractivity contribution >= 4 is 0 Å². The smallest absolute Gasteiger partial charge is 0.0685 e. The molecule has 0 aromatic carbocycles. The molecule has 0 amide bonds. The van der Waals surface area contributed by atoms with Crippen molar-refractivity contribution in [1.82, 2.24) is 5.43 Å². The summed E-state index contributed by atoms with van der Waals surface area (Å²) >= 11 is 0. The van der Waals surface area contributed by atoms with Crippen LogP contribution in [0.5, 0.6) is 0 Å². The van der Waals surface area contributed by atoms with Gasteiger partial charge in [-0.2, -0.15) is 0 Å². The summed E-state index contributed by atoms with van der Waals surface area (Å²) in [5.74, 6) is 7.27. The Bertz CT molecular complexity index is 293. The van der Waals surface area contributed by atoms with Gasteiger partial charge in [-0.15, -0.1) is 0 Å². The van der Waals surface area contributed by atoms with E-state index in [0.29, 0.717) is 17.9 Å². The van der Waals surface area contributed by atoms with Gasteiger partial charge in [-0.3, -0.25) is 11.3 Å². The minimum absolute atomic E-state index is 0.182. The van der Waals surface area contributed by atoms with E-state index in [0.717, 1.165) is 39.1 Å². The molecule has 2 aliphatic heterocycles. The molecule has 0 radical (unpaired) electrons. The van der Waals surface area contributed by atoms with Crippen LogP contribution < -0.4 is 11.3 Å². The normalized spacial score (nSPS) is 33.1. The lowest BCUT2D eigenvalue weighted by atomic mass is 9.71. The van der Waals surface area contributed by atoms with E-state index in [9.17, 15) is 0 Å². The molecule has 2 saturated heterocycles. The highest BCUT2D eigenvalue weighted by atomic mass is 16.5. The molecular weight excluding hydrogens is 252 g/mol. The van der Waals surface area contributed by atoms with Crippen LogP contribution in [0.4, 0.5) is 0 Å². The van der Waals surface area contributed by atoms with Crippen molar-refractivity contribution in [1.29, 1.82) is 0 Å². The van der Waals surface area contributed by atoms with Crippen LogP contribution >= 0.6 is 0 Å². The second kappa shape index (κ2) is 6.73. The summed E-state index contributed by atoms with van der Waals surface area (Å²) in [5.41, 5.74) is 3.33. The van der Waals surface area contributed by atoms with Gasteiger partial charge in [0.2, 0.25) is 0 Å². The van der Waals surface area contributed by atoms with E-state index in [1.54, 1.807) is 0 Å². The summed E-state index contributed by atoms with van der Waals surface area (Å²) in [6.07, 6.45) is 11.2. The van der Waals surface area contributed by atoms with Crippen LogP contribution in [0.15, 0.2) is 0 Å². The Balaban J connectivity index is 1.64. The number of hydrogen-bond acceptors (Lipinski definition) is 4. The lowest BCUT2D eigenvalue weighted by molar-refractivity contribution is -0.126. The van der Waals surface area contributed by atoms with Gasteiger partial charge in [-0.1, -0.05) is 19.3 Å². The molecule has 3 N–H and O–H groups in total. The van der Waals surface area contributed by atoms with Crippen LogP contribution in [0.25, 0.3) is 0 Å². The Morgan fingerprint density at radius 2 is 1.65 bits per heavy atom. The number of ether oxygens (including phenoxy) is 2. The highest BCUT2D eigenvalue weighted by Crippen LogP contribution is 2.43. The molecule has 2 heterocycles. The third kappa shape index (κ3) is 3.19. The predicted octanol–water partition coefficient (Wildman–Crippen LogP) is 2.37. The number of nitrogens with one attached hydrogen (secondary N) is 1. The molecule has 3 fully saturated rings. The van der Waals surface area contributed by atoms with Crippen molar-refractivity contribution in [3.8, 4) is 0 Å². The van der Waals surface area contributed by atoms with E-state index in [1.807, 2.05) is 0 Å². The molecule has 3 rings (SSSR count). The fourth-order valence-corrected chi connectivity index (χ4v) is 4.65. The fraction of sp³-hybridized carbons (Fsp3) is 1.00. The van der Waals surface area contributed by atoms with Crippen molar-refractivity contribution in [2.45, 2.75) is 69.4 Å². The first-order valence-corrected chi connectivity index (χ1v) is 8.51. The monoisotopic (exact) mass is 282 g/mol. The first kappa shape index (κ1) is 14.8. The Hall–Kier alpha value is -0.160. The fourth-order valence-electron chi connectivity index (χ4n) is 4.65. The maximum Gasteiger partial charge on any atom is 0.0685 e. The predicted molar refractivity (Wildman–Crippen MR) is 79.1 cm³/mol. The van der Waals surface area contributed by atoms with Gasteiger partial charge in [0.1, 0.15) is 0 Å². The van der Waals surface area contributed by atoms with Crippen molar-refractivity contribution in [3.05, 3.63) is 0 Å². The maximum absolute atomic E-state index is 6.23. The molecule has 1 spiro atoms. The van der Waals surface area contributed by atoms with Crippen LogP contribution in [0.3, 0.4) is 0 Å². The van der Waals surface area contributed by atoms with Gasteiger partial charge in [0.25, 0.3) is 0 Å². The maximum atomic E-state index is 6.23. The highest BCUT2D eigenvalue weighted by molar-refractivity contribution is 4.94. The first-order chi connectivity index (χ1) is 9.83. The van der Waals surface area contributed by atoms with E-state index in [1.165, 1.54) is 38.5 Å². The van der Waals surface area contributed by atoms with Crippen LogP contribution in [0, 0.1) is 11.8 Å². The summed E-state index contributed by atoms with van der Waals surface area (Å²) < 4.78 is 11.7. The Labute approximate surface area is 122 Å².